The lowest BCUT2D eigenvalue weighted by molar-refractivity contribution is -0.115. The summed E-state index contributed by atoms with van der Waals surface area (Å²) < 4.78 is 13.7. The van der Waals surface area contributed by atoms with Crippen LogP contribution in [0.5, 0.6) is 0 Å². The van der Waals surface area contributed by atoms with Crippen LogP contribution in [-0.2, 0) is 4.79 Å². The van der Waals surface area contributed by atoms with Gasteiger partial charge in [0.25, 0.3) is 0 Å². The minimum absolute atomic E-state index is 0.0635. The molecular weight excluding hydrogens is 297 g/mol. The number of Topliss-reactive ketones (excluding diaryl/α,β-unsaturated/α-hetero) is 1. The molecule has 0 aliphatic carbocycles. The molecule has 0 unspecified atom stereocenters. The molecule has 0 aliphatic heterocycles. The standard InChI is InChI=1S/C18H16FNO3/c1-13(21)12-20(10-9-14-5-2-3-8-17(14)19)16-7-4-6-15(11-16)18(22)23/h2-11H,12H2,1H3,(H,22,23). The van der Waals surface area contributed by atoms with E-state index in [2.05, 4.69) is 0 Å². The van der Waals surface area contributed by atoms with Gasteiger partial charge in [0, 0.05) is 17.5 Å². The highest BCUT2D eigenvalue weighted by molar-refractivity contribution is 5.89. The molecule has 2 rings (SSSR count). The maximum atomic E-state index is 13.7. The van der Waals surface area contributed by atoms with Crippen LogP contribution in [0.25, 0.3) is 6.08 Å². The van der Waals surface area contributed by atoms with Crippen molar-refractivity contribution in [1.29, 1.82) is 0 Å². The van der Waals surface area contributed by atoms with Crippen molar-refractivity contribution in [2.45, 2.75) is 6.92 Å². The second-order valence-electron chi connectivity index (χ2n) is 5.02. The number of halogens is 1. The molecule has 0 atom stereocenters. The molecule has 0 radical (unpaired) electrons. The van der Waals surface area contributed by atoms with Crippen LogP contribution in [0.2, 0.25) is 0 Å². The van der Waals surface area contributed by atoms with E-state index >= 15 is 0 Å². The number of benzene rings is 2. The summed E-state index contributed by atoms with van der Waals surface area (Å²) in [5.41, 5.74) is 1.05. The molecule has 2 aromatic rings. The molecule has 23 heavy (non-hydrogen) atoms. The number of carbonyl (C=O) groups excluding carboxylic acids is 1. The molecule has 0 amide bonds. The molecule has 0 aliphatic rings. The third-order valence-electron chi connectivity index (χ3n) is 3.16. The van der Waals surface area contributed by atoms with Gasteiger partial charge in [0.15, 0.2) is 0 Å². The Balaban J connectivity index is 2.34. The Labute approximate surface area is 133 Å². The Morgan fingerprint density at radius 1 is 1.17 bits per heavy atom. The van der Waals surface area contributed by atoms with E-state index in [-0.39, 0.29) is 23.7 Å². The fraction of sp³-hybridized carbons (Fsp3) is 0.111. The normalized spacial score (nSPS) is 10.7. The minimum Gasteiger partial charge on any atom is -0.478 e. The molecule has 1 N–H and O–H groups in total. The van der Waals surface area contributed by atoms with Crippen molar-refractivity contribution < 1.29 is 19.1 Å². The summed E-state index contributed by atoms with van der Waals surface area (Å²) in [4.78, 5) is 24.1. The van der Waals surface area contributed by atoms with Crippen LogP contribution in [0.3, 0.4) is 0 Å². The van der Waals surface area contributed by atoms with E-state index in [4.69, 9.17) is 5.11 Å². The number of hydrogen-bond acceptors (Lipinski definition) is 3. The number of carboxylic acids is 1. The highest BCUT2D eigenvalue weighted by atomic mass is 19.1. The van der Waals surface area contributed by atoms with Gasteiger partial charge >= 0.3 is 5.97 Å². The van der Waals surface area contributed by atoms with Crippen LogP contribution in [0.1, 0.15) is 22.8 Å². The van der Waals surface area contributed by atoms with E-state index in [0.717, 1.165) is 0 Å². The number of rotatable bonds is 6. The monoisotopic (exact) mass is 313 g/mol. The van der Waals surface area contributed by atoms with E-state index < -0.39 is 5.97 Å². The fourth-order valence-corrected chi connectivity index (χ4v) is 2.07. The van der Waals surface area contributed by atoms with Gasteiger partial charge in [0.05, 0.1) is 12.1 Å². The fourth-order valence-electron chi connectivity index (χ4n) is 2.07. The molecule has 4 nitrogen and oxygen atoms in total. The summed E-state index contributed by atoms with van der Waals surface area (Å²) >= 11 is 0. The average molecular weight is 313 g/mol. The van der Waals surface area contributed by atoms with Gasteiger partial charge in [0.2, 0.25) is 0 Å². The largest absolute Gasteiger partial charge is 0.478 e. The average Bonchev–Trinajstić information content (AvgIpc) is 2.52. The SMILES string of the molecule is CC(=O)CN(C=Cc1ccccc1F)c1cccc(C(=O)O)c1. The van der Waals surface area contributed by atoms with Crippen LogP contribution in [0.4, 0.5) is 10.1 Å². The van der Waals surface area contributed by atoms with Crippen molar-refractivity contribution in [1.82, 2.24) is 0 Å². The Hall–Kier alpha value is -2.95. The highest BCUT2D eigenvalue weighted by Gasteiger charge is 2.10. The number of anilines is 1. The molecule has 0 saturated heterocycles. The zero-order chi connectivity index (χ0) is 16.8. The molecule has 0 bridgehead atoms. The quantitative estimate of drug-likeness (QED) is 0.885. The summed E-state index contributed by atoms with van der Waals surface area (Å²) in [6.07, 6.45) is 3.12. The number of ketones is 1. The summed E-state index contributed by atoms with van der Waals surface area (Å²) in [5, 5.41) is 9.06. The van der Waals surface area contributed by atoms with Gasteiger partial charge in [0.1, 0.15) is 11.6 Å². The second-order valence-corrected chi connectivity index (χ2v) is 5.02. The zero-order valence-electron chi connectivity index (χ0n) is 12.6. The van der Waals surface area contributed by atoms with Gasteiger partial charge in [-0.25, -0.2) is 9.18 Å². The van der Waals surface area contributed by atoms with Gasteiger partial charge in [-0.05, 0) is 37.3 Å². The van der Waals surface area contributed by atoms with Gasteiger partial charge in [-0.1, -0.05) is 24.3 Å². The molecular formula is C18H16FNO3. The molecule has 5 heteroatoms. The number of nitrogens with zero attached hydrogens (tertiary/aromatic N) is 1. The van der Waals surface area contributed by atoms with Gasteiger partial charge in [-0.2, -0.15) is 0 Å². The summed E-state index contributed by atoms with van der Waals surface area (Å²) in [6.45, 7) is 1.50. The summed E-state index contributed by atoms with van der Waals surface area (Å²) in [5.74, 6) is -1.51. The van der Waals surface area contributed by atoms with Crippen molar-refractivity contribution in [2.75, 3.05) is 11.4 Å². The van der Waals surface area contributed by atoms with E-state index in [1.165, 1.54) is 25.1 Å². The first kappa shape index (κ1) is 16.4. The van der Waals surface area contributed by atoms with Crippen molar-refractivity contribution in [3.8, 4) is 0 Å². The van der Waals surface area contributed by atoms with Crippen LogP contribution >= 0.6 is 0 Å². The first-order chi connectivity index (χ1) is 11.0. The van der Waals surface area contributed by atoms with E-state index in [0.29, 0.717) is 11.3 Å². The molecule has 0 heterocycles. The number of carbonyl (C=O) groups is 2. The molecule has 0 fully saturated rings. The lowest BCUT2D eigenvalue weighted by Gasteiger charge is -2.19. The van der Waals surface area contributed by atoms with E-state index in [9.17, 15) is 14.0 Å². The third-order valence-corrected chi connectivity index (χ3v) is 3.16. The van der Waals surface area contributed by atoms with Crippen LogP contribution < -0.4 is 4.90 Å². The maximum Gasteiger partial charge on any atom is 0.335 e. The predicted octanol–water partition coefficient (Wildman–Crippen LogP) is 3.59. The number of carboxylic acid groups (broad SMARTS) is 1. The molecule has 0 saturated carbocycles. The molecule has 118 valence electrons. The van der Waals surface area contributed by atoms with Gasteiger partial charge < -0.3 is 10.0 Å². The van der Waals surface area contributed by atoms with Crippen LogP contribution in [-0.4, -0.2) is 23.4 Å². The van der Waals surface area contributed by atoms with E-state index in [1.54, 1.807) is 47.5 Å². The molecule has 2 aromatic carbocycles. The topological polar surface area (TPSA) is 57.6 Å². The van der Waals surface area contributed by atoms with Crippen molar-refractivity contribution in [2.24, 2.45) is 0 Å². The van der Waals surface area contributed by atoms with Crippen LogP contribution in [0.15, 0.2) is 54.7 Å². The summed E-state index contributed by atoms with van der Waals surface area (Å²) in [7, 11) is 0. The van der Waals surface area contributed by atoms with Crippen LogP contribution in [0, 0.1) is 5.82 Å². The summed E-state index contributed by atoms with van der Waals surface area (Å²) in [6, 6.07) is 12.5. The predicted molar refractivity (Wildman–Crippen MR) is 86.9 cm³/mol. The highest BCUT2D eigenvalue weighted by Crippen LogP contribution is 2.18. The van der Waals surface area contributed by atoms with Crippen molar-refractivity contribution >= 4 is 23.5 Å². The number of aromatic carboxylic acids is 1. The number of hydrogen-bond donors (Lipinski definition) is 1. The second kappa shape index (κ2) is 7.35. The lowest BCUT2D eigenvalue weighted by Crippen LogP contribution is -2.23. The Kier molecular flexibility index (Phi) is 5.25. The lowest BCUT2D eigenvalue weighted by atomic mass is 10.1. The molecule has 0 aromatic heterocycles. The van der Waals surface area contributed by atoms with E-state index in [1.807, 2.05) is 0 Å². The zero-order valence-corrected chi connectivity index (χ0v) is 12.6. The smallest absolute Gasteiger partial charge is 0.335 e. The first-order valence-electron chi connectivity index (χ1n) is 6.99. The van der Waals surface area contributed by atoms with Gasteiger partial charge in [-0.3, -0.25) is 4.79 Å². The third kappa shape index (κ3) is 4.51. The van der Waals surface area contributed by atoms with Gasteiger partial charge in [-0.15, -0.1) is 0 Å². The first-order valence-corrected chi connectivity index (χ1v) is 6.99. The molecule has 0 spiro atoms. The minimum atomic E-state index is -1.05. The Morgan fingerprint density at radius 3 is 2.57 bits per heavy atom. The Bertz CT molecular complexity index is 755. The van der Waals surface area contributed by atoms with Crippen molar-refractivity contribution in [3.05, 3.63) is 71.7 Å². The Morgan fingerprint density at radius 2 is 1.91 bits per heavy atom. The maximum absolute atomic E-state index is 13.7. The van der Waals surface area contributed by atoms with Crippen molar-refractivity contribution in [3.63, 3.8) is 0 Å².